The fourth-order valence-electron chi connectivity index (χ4n) is 1.95. The average molecular weight is 349 g/mol. The van der Waals surface area contributed by atoms with Crippen LogP contribution < -0.4 is 4.74 Å². The lowest BCUT2D eigenvalue weighted by atomic mass is 10.1. The van der Waals surface area contributed by atoms with E-state index >= 15 is 0 Å². The summed E-state index contributed by atoms with van der Waals surface area (Å²) >= 11 is 3.43. The Hall–Kier alpha value is -1.78. The van der Waals surface area contributed by atoms with Crippen molar-refractivity contribution in [2.45, 2.75) is 12.5 Å². The van der Waals surface area contributed by atoms with Crippen molar-refractivity contribution < 1.29 is 14.9 Å². The van der Waals surface area contributed by atoms with Crippen molar-refractivity contribution in [2.75, 3.05) is 6.61 Å². The van der Waals surface area contributed by atoms with Crippen LogP contribution >= 0.6 is 15.9 Å². The fourth-order valence-corrected chi connectivity index (χ4v) is 2.44. The molecule has 0 aliphatic carbocycles. The van der Waals surface area contributed by atoms with Crippen LogP contribution in [0.1, 0.15) is 17.2 Å². The normalized spacial score (nSPS) is 11.9. The molecule has 0 fully saturated rings. The molecular weight excluding hydrogens is 332 g/mol. The van der Waals surface area contributed by atoms with E-state index in [0.29, 0.717) is 12.2 Å². The molecule has 0 aliphatic rings. The molecule has 0 spiro atoms. The average Bonchev–Trinajstić information content (AvgIpc) is 2.50. The molecule has 0 bridgehead atoms. The molecule has 21 heavy (non-hydrogen) atoms. The highest BCUT2D eigenvalue weighted by atomic mass is 79.9. The third-order valence-corrected chi connectivity index (χ3v) is 3.81. The first-order chi connectivity index (χ1) is 10.1. The number of phenols is 1. The highest BCUT2D eigenvalue weighted by molar-refractivity contribution is 9.10. The molecule has 0 radical (unpaired) electrons. The number of phenolic OH excluding ortho intramolecular Hbond substituents is 1. The van der Waals surface area contributed by atoms with Gasteiger partial charge in [0.2, 0.25) is 0 Å². The maximum Gasteiger partial charge on any atom is 0.162 e. The highest BCUT2D eigenvalue weighted by Crippen LogP contribution is 2.33. The second kappa shape index (κ2) is 7.29. The third kappa shape index (κ3) is 4.09. The predicted molar refractivity (Wildman–Crippen MR) is 86.6 cm³/mol. The van der Waals surface area contributed by atoms with Crippen LogP contribution in [0.3, 0.4) is 0 Å². The molecule has 0 aliphatic heterocycles. The summed E-state index contributed by atoms with van der Waals surface area (Å²) in [4.78, 5) is 0. The second-order valence-electron chi connectivity index (χ2n) is 4.64. The van der Waals surface area contributed by atoms with Crippen molar-refractivity contribution in [3.63, 3.8) is 0 Å². The Morgan fingerprint density at radius 2 is 1.95 bits per heavy atom. The maximum atomic E-state index is 10.0. The first-order valence-corrected chi connectivity index (χ1v) is 7.39. The minimum atomic E-state index is -0.739. The lowest BCUT2D eigenvalue weighted by Gasteiger charge is -2.14. The molecule has 3 nitrogen and oxygen atoms in total. The molecule has 2 N–H and O–H groups in total. The molecule has 0 saturated carbocycles. The summed E-state index contributed by atoms with van der Waals surface area (Å²) in [5, 5.41) is 20.0. The van der Waals surface area contributed by atoms with Crippen LogP contribution in [0.15, 0.2) is 59.6 Å². The van der Waals surface area contributed by atoms with Crippen molar-refractivity contribution in [1.82, 2.24) is 0 Å². The molecule has 0 aromatic heterocycles. The van der Waals surface area contributed by atoms with Crippen LogP contribution in [0, 0.1) is 0 Å². The summed E-state index contributed by atoms with van der Waals surface area (Å²) in [5.74, 6) is 0.389. The molecule has 110 valence electrons. The highest BCUT2D eigenvalue weighted by Gasteiger charge is 2.12. The zero-order valence-electron chi connectivity index (χ0n) is 11.5. The van der Waals surface area contributed by atoms with Gasteiger partial charge in [0.15, 0.2) is 11.5 Å². The number of aliphatic hydroxyl groups is 1. The van der Waals surface area contributed by atoms with Crippen LogP contribution in [0.5, 0.6) is 11.5 Å². The second-order valence-corrected chi connectivity index (χ2v) is 5.50. The summed E-state index contributed by atoms with van der Waals surface area (Å²) in [6, 6.07) is 12.6. The first-order valence-electron chi connectivity index (χ1n) is 6.60. The summed E-state index contributed by atoms with van der Waals surface area (Å²) in [5.41, 5.74) is 1.71. The fraction of sp³-hybridized carbons (Fsp3) is 0.176. The van der Waals surface area contributed by atoms with Gasteiger partial charge in [-0.3, -0.25) is 0 Å². The quantitative estimate of drug-likeness (QED) is 0.775. The summed E-state index contributed by atoms with van der Waals surface area (Å²) in [7, 11) is 0. The van der Waals surface area contributed by atoms with Gasteiger partial charge in [-0.1, -0.05) is 52.3 Å². The zero-order valence-corrected chi connectivity index (χ0v) is 13.1. The summed E-state index contributed by atoms with van der Waals surface area (Å²) in [6.07, 6.45) is 1.68. The van der Waals surface area contributed by atoms with E-state index in [2.05, 4.69) is 22.5 Å². The molecule has 2 aromatic carbocycles. The van der Waals surface area contributed by atoms with E-state index in [1.165, 1.54) is 0 Å². The lowest BCUT2D eigenvalue weighted by Crippen LogP contribution is -2.09. The maximum absolute atomic E-state index is 10.0. The van der Waals surface area contributed by atoms with Gasteiger partial charge in [0.05, 0.1) is 0 Å². The van der Waals surface area contributed by atoms with Gasteiger partial charge in [0.25, 0.3) is 0 Å². The van der Waals surface area contributed by atoms with Crippen molar-refractivity contribution in [1.29, 1.82) is 0 Å². The Morgan fingerprint density at radius 1 is 1.24 bits per heavy atom. The Balaban J connectivity index is 2.06. The molecule has 1 atom stereocenters. The van der Waals surface area contributed by atoms with E-state index in [-0.39, 0.29) is 12.4 Å². The molecule has 0 unspecified atom stereocenters. The number of rotatable bonds is 6. The number of benzene rings is 2. The molecule has 4 heteroatoms. The first kappa shape index (κ1) is 15.6. The van der Waals surface area contributed by atoms with Crippen LogP contribution in [-0.2, 0) is 6.42 Å². The number of hydrogen-bond acceptors (Lipinski definition) is 3. The smallest absolute Gasteiger partial charge is 0.162 e. The number of aliphatic hydroxyl groups excluding tert-OH is 1. The van der Waals surface area contributed by atoms with Gasteiger partial charge >= 0.3 is 0 Å². The van der Waals surface area contributed by atoms with Gasteiger partial charge in [0, 0.05) is 4.47 Å². The minimum Gasteiger partial charge on any atom is -0.504 e. The Bertz CT molecular complexity index is 611. The van der Waals surface area contributed by atoms with E-state index < -0.39 is 6.10 Å². The Kier molecular flexibility index (Phi) is 5.42. The van der Waals surface area contributed by atoms with Gasteiger partial charge in [0.1, 0.15) is 12.7 Å². The largest absolute Gasteiger partial charge is 0.504 e. The third-order valence-electron chi connectivity index (χ3n) is 3.07. The minimum absolute atomic E-state index is 0.0512. The van der Waals surface area contributed by atoms with Crippen molar-refractivity contribution in [3.05, 3.63) is 70.7 Å². The monoisotopic (exact) mass is 348 g/mol. The predicted octanol–water partition coefficient (Wildman–Crippen LogP) is 4.00. The summed E-state index contributed by atoms with van der Waals surface area (Å²) < 4.78 is 6.35. The number of allylic oxidation sites excluding steroid dienone is 1. The molecule has 2 aromatic rings. The van der Waals surface area contributed by atoms with Crippen LogP contribution in [0.4, 0.5) is 0 Å². The van der Waals surface area contributed by atoms with Crippen molar-refractivity contribution >= 4 is 15.9 Å². The van der Waals surface area contributed by atoms with Gasteiger partial charge in [-0.05, 0) is 29.7 Å². The van der Waals surface area contributed by atoms with E-state index in [1.54, 1.807) is 18.2 Å². The molecule has 0 saturated heterocycles. The van der Waals surface area contributed by atoms with Gasteiger partial charge < -0.3 is 14.9 Å². The van der Waals surface area contributed by atoms with E-state index in [9.17, 15) is 10.2 Å². The Labute approximate surface area is 132 Å². The zero-order chi connectivity index (χ0) is 15.2. The van der Waals surface area contributed by atoms with Crippen LogP contribution in [0.2, 0.25) is 0 Å². The molecule has 2 rings (SSSR count). The molecular formula is C17H17BrO3. The number of aromatic hydroxyl groups is 1. The standard InChI is InChI=1S/C17H17BrO3/c1-2-6-13-9-15(19)17(10-14(13)18)21-11-16(20)12-7-4-3-5-8-12/h2-5,7-10,16,19-20H,1,6,11H2/t16-/m0/s1. The van der Waals surface area contributed by atoms with Gasteiger partial charge in [-0.2, -0.15) is 0 Å². The van der Waals surface area contributed by atoms with Gasteiger partial charge in [-0.15, -0.1) is 6.58 Å². The van der Waals surface area contributed by atoms with Crippen molar-refractivity contribution in [3.8, 4) is 11.5 Å². The lowest BCUT2D eigenvalue weighted by molar-refractivity contribution is 0.106. The molecule has 0 amide bonds. The molecule has 0 heterocycles. The van der Waals surface area contributed by atoms with E-state index in [4.69, 9.17) is 4.74 Å². The van der Waals surface area contributed by atoms with Crippen LogP contribution in [0.25, 0.3) is 0 Å². The number of hydrogen-bond donors (Lipinski definition) is 2. The number of ether oxygens (including phenoxy) is 1. The topological polar surface area (TPSA) is 49.7 Å². The van der Waals surface area contributed by atoms with E-state index in [1.807, 2.05) is 30.3 Å². The van der Waals surface area contributed by atoms with Gasteiger partial charge in [-0.25, -0.2) is 0 Å². The van der Waals surface area contributed by atoms with Crippen LogP contribution in [-0.4, -0.2) is 16.8 Å². The Morgan fingerprint density at radius 3 is 2.62 bits per heavy atom. The SMILES string of the molecule is C=CCc1cc(O)c(OC[C@H](O)c2ccccc2)cc1Br. The number of halogens is 1. The van der Waals surface area contributed by atoms with Crippen molar-refractivity contribution in [2.24, 2.45) is 0 Å². The summed E-state index contributed by atoms with van der Waals surface area (Å²) in [6.45, 7) is 3.75. The van der Waals surface area contributed by atoms with E-state index in [0.717, 1.165) is 15.6 Å².